The molecule has 92 valence electrons. The molecule has 0 fully saturated rings. The minimum Gasteiger partial charge on any atom is -0.462 e. The smallest absolute Gasteiger partial charge is 0.338 e. The van der Waals surface area contributed by atoms with E-state index in [-0.39, 0.29) is 0 Å². The Morgan fingerprint density at radius 1 is 0.941 bits per heavy atom. The quantitative estimate of drug-likeness (QED) is 0.753. The first-order valence-corrected chi connectivity index (χ1v) is 5.54. The van der Waals surface area contributed by atoms with E-state index in [1.807, 2.05) is 6.92 Å². The van der Waals surface area contributed by atoms with Gasteiger partial charge < -0.3 is 9.47 Å². The van der Waals surface area contributed by atoms with Crippen LogP contribution in [0, 0.1) is 6.92 Å². The molecule has 1 aromatic rings. The number of hydrogen-bond acceptors (Lipinski definition) is 4. The van der Waals surface area contributed by atoms with Gasteiger partial charge in [0.1, 0.15) is 0 Å². The van der Waals surface area contributed by atoms with Crippen LogP contribution in [-0.2, 0) is 9.47 Å². The molecule has 0 N–H and O–H groups in total. The Hall–Kier alpha value is -1.84. The van der Waals surface area contributed by atoms with Crippen LogP contribution in [0.3, 0.4) is 0 Å². The second-order valence-corrected chi connectivity index (χ2v) is 3.53. The molecule has 0 spiro atoms. The van der Waals surface area contributed by atoms with Gasteiger partial charge in [-0.1, -0.05) is 0 Å². The molecule has 0 amide bonds. The second kappa shape index (κ2) is 6.03. The molecule has 0 aliphatic heterocycles. The topological polar surface area (TPSA) is 52.6 Å². The second-order valence-electron chi connectivity index (χ2n) is 3.53. The third-order valence-electron chi connectivity index (χ3n) is 2.10. The van der Waals surface area contributed by atoms with Gasteiger partial charge in [0.15, 0.2) is 0 Å². The zero-order valence-corrected chi connectivity index (χ0v) is 10.3. The van der Waals surface area contributed by atoms with Crippen molar-refractivity contribution >= 4 is 11.9 Å². The lowest BCUT2D eigenvalue weighted by Crippen LogP contribution is -2.09. The molecular weight excluding hydrogens is 220 g/mol. The van der Waals surface area contributed by atoms with E-state index in [9.17, 15) is 9.59 Å². The predicted octanol–water partition coefficient (Wildman–Crippen LogP) is 2.35. The zero-order chi connectivity index (χ0) is 12.8. The van der Waals surface area contributed by atoms with Crippen LogP contribution >= 0.6 is 0 Å². The molecule has 0 aliphatic carbocycles. The van der Waals surface area contributed by atoms with Crippen LogP contribution in [-0.4, -0.2) is 25.2 Å². The van der Waals surface area contributed by atoms with E-state index in [0.29, 0.717) is 24.3 Å². The largest absolute Gasteiger partial charge is 0.462 e. The zero-order valence-electron chi connectivity index (χ0n) is 10.3. The maximum absolute atomic E-state index is 11.6. The van der Waals surface area contributed by atoms with Crippen LogP contribution in [0.15, 0.2) is 18.2 Å². The van der Waals surface area contributed by atoms with Crippen molar-refractivity contribution in [1.82, 2.24) is 0 Å². The number of carbonyl (C=O) groups is 2. The van der Waals surface area contributed by atoms with Crippen LogP contribution in [0.1, 0.15) is 40.1 Å². The molecule has 0 saturated heterocycles. The maximum Gasteiger partial charge on any atom is 0.338 e. The van der Waals surface area contributed by atoms with Gasteiger partial charge in [0.05, 0.1) is 24.3 Å². The van der Waals surface area contributed by atoms with Gasteiger partial charge in [-0.05, 0) is 44.5 Å². The van der Waals surface area contributed by atoms with E-state index in [2.05, 4.69) is 0 Å². The molecule has 4 nitrogen and oxygen atoms in total. The monoisotopic (exact) mass is 236 g/mol. The summed E-state index contributed by atoms with van der Waals surface area (Å²) in [5, 5.41) is 0. The SMILES string of the molecule is CCOC(=O)c1cc(C)cc(C(=O)OCC)c1. The number of aryl methyl sites for hydroxylation is 1. The van der Waals surface area contributed by atoms with E-state index in [4.69, 9.17) is 9.47 Å². The van der Waals surface area contributed by atoms with Crippen LogP contribution in [0.5, 0.6) is 0 Å². The molecule has 17 heavy (non-hydrogen) atoms. The highest BCUT2D eigenvalue weighted by molar-refractivity contribution is 5.95. The van der Waals surface area contributed by atoms with Crippen molar-refractivity contribution < 1.29 is 19.1 Å². The number of ether oxygens (including phenoxy) is 2. The summed E-state index contributed by atoms with van der Waals surface area (Å²) in [4.78, 5) is 23.1. The summed E-state index contributed by atoms with van der Waals surface area (Å²) in [7, 11) is 0. The molecule has 0 saturated carbocycles. The van der Waals surface area contributed by atoms with E-state index < -0.39 is 11.9 Å². The van der Waals surface area contributed by atoms with Gasteiger partial charge in [-0.25, -0.2) is 9.59 Å². The van der Waals surface area contributed by atoms with Gasteiger partial charge in [-0.15, -0.1) is 0 Å². The molecule has 0 heterocycles. The standard InChI is InChI=1S/C13H16O4/c1-4-16-12(14)10-6-9(3)7-11(8-10)13(15)17-5-2/h6-8H,4-5H2,1-3H3. The fourth-order valence-electron chi connectivity index (χ4n) is 1.45. The molecule has 0 radical (unpaired) electrons. The normalized spacial score (nSPS) is 9.82. The summed E-state index contributed by atoms with van der Waals surface area (Å²) >= 11 is 0. The lowest BCUT2D eigenvalue weighted by atomic mass is 10.1. The molecule has 0 aromatic heterocycles. The minimum atomic E-state index is -0.429. The van der Waals surface area contributed by atoms with Crippen LogP contribution in [0.2, 0.25) is 0 Å². The summed E-state index contributed by atoms with van der Waals surface area (Å²) in [6, 6.07) is 4.85. The van der Waals surface area contributed by atoms with Crippen molar-refractivity contribution in [3.05, 3.63) is 34.9 Å². The number of carbonyl (C=O) groups excluding carboxylic acids is 2. The summed E-state index contributed by atoms with van der Waals surface area (Å²) in [5.74, 6) is -0.858. The Morgan fingerprint density at radius 3 is 1.71 bits per heavy atom. The predicted molar refractivity (Wildman–Crippen MR) is 63.1 cm³/mol. The van der Waals surface area contributed by atoms with Gasteiger partial charge in [0.2, 0.25) is 0 Å². The first kappa shape index (κ1) is 13.2. The highest BCUT2D eigenvalue weighted by atomic mass is 16.5. The summed E-state index contributed by atoms with van der Waals surface area (Å²) < 4.78 is 9.77. The lowest BCUT2D eigenvalue weighted by Gasteiger charge is -2.06. The molecule has 0 unspecified atom stereocenters. The average Bonchev–Trinajstić information content (AvgIpc) is 2.29. The van der Waals surface area contributed by atoms with Crippen molar-refractivity contribution in [2.24, 2.45) is 0 Å². The van der Waals surface area contributed by atoms with Gasteiger partial charge in [0, 0.05) is 0 Å². The lowest BCUT2D eigenvalue weighted by molar-refractivity contribution is 0.0525. The Morgan fingerprint density at radius 2 is 1.35 bits per heavy atom. The van der Waals surface area contributed by atoms with Crippen molar-refractivity contribution in [3.63, 3.8) is 0 Å². The number of esters is 2. The van der Waals surface area contributed by atoms with Gasteiger partial charge in [-0.2, -0.15) is 0 Å². The van der Waals surface area contributed by atoms with Gasteiger partial charge >= 0.3 is 11.9 Å². The molecule has 4 heteroatoms. The van der Waals surface area contributed by atoms with Gasteiger partial charge in [0.25, 0.3) is 0 Å². The minimum absolute atomic E-state index is 0.307. The number of benzene rings is 1. The summed E-state index contributed by atoms with van der Waals surface area (Å²) in [6.07, 6.45) is 0. The highest BCUT2D eigenvalue weighted by Crippen LogP contribution is 2.12. The summed E-state index contributed by atoms with van der Waals surface area (Å²) in [5.41, 5.74) is 1.56. The van der Waals surface area contributed by atoms with Crippen LogP contribution in [0.4, 0.5) is 0 Å². The Bertz CT molecular complexity index is 387. The fourth-order valence-corrected chi connectivity index (χ4v) is 1.45. The molecule has 0 bridgehead atoms. The number of hydrogen-bond donors (Lipinski definition) is 0. The molecule has 1 aromatic carbocycles. The Balaban J connectivity index is 3.01. The first-order valence-electron chi connectivity index (χ1n) is 5.54. The van der Waals surface area contributed by atoms with Crippen LogP contribution in [0.25, 0.3) is 0 Å². The van der Waals surface area contributed by atoms with Gasteiger partial charge in [-0.3, -0.25) is 0 Å². The fraction of sp³-hybridized carbons (Fsp3) is 0.385. The number of rotatable bonds is 4. The van der Waals surface area contributed by atoms with Crippen molar-refractivity contribution in [3.8, 4) is 0 Å². The third-order valence-corrected chi connectivity index (χ3v) is 2.10. The molecular formula is C13H16O4. The molecule has 1 rings (SSSR count). The Labute approximate surface area is 101 Å². The maximum atomic E-state index is 11.6. The third kappa shape index (κ3) is 3.59. The van der Waals surface area contributed by atoms with Crippen LogP contribution < -0.4 is 0 Å². The van der Waals surface area contributed by atoms with Crippen molar-refractivity contribution in [2.75, 3.05) is 13.2 Å². The highest BCUT2D eigenvalue weighted by Gasteiger charge is 2.13. The van der Waals surface area contributed by atoms with E-state index in [1.165, 1.54) is 6.07 Å². The van der Waals surface area contributed by atoms with E-state index >= 15 is 0 Å². The van der Waals surface area contributed by atoms with E-state index in [0.717, 1.165) is 5.56 Å². The van der Waals surface area contributed by atoms with E-state index in [1.54, 1.807) is 26.0 Å². The summed E-state index contributed by atoms with van der Waals surface area (Å²) in [6.45, 7) is 5.90. The average molecular weight is 236 g/mol. The van der Waals surface area contributed by atoms with Crippen molar-refractivity contribution in [2.45, 2.75) is 20.8 Å². The molecule has 0 atom stereocenters. The molecule has 0 aliphatic rings. The van der Waals surface area contributed by atoms with Crippen molar-refractivity contribution in [1.29, 1.82) is 0 Å². The first-order chi connectivity index (χ1) is 8.08. The Kier molecular flexibility index (Phi) is 4.69.